The molecule has 2 amide bonds. The Kier molecular flexibility index (Phi) is 5.95. The van der Waals surface area contributed by atoms with Crippen LogP contribution in [-0.2, 0) is 16.0 Å². The van der Waals surface area contributed by atoms with E-state index in [0.717, 1.165) is 24.9 Å². The summed E-state index contributed by atoms with van der Waals surface area (Å²) in [6, 6.07) is 9.50. The Labute approximate surface area is 132 Å². The standard InChI is InChI=1S/C17H25N3O2/c1-20(2)17(22)15(11-13-7-4-3-5-8-13)19-16(21)12-14-9-6-10-18-14/h3-5,7-8,14-15,18H,6,9-12H2,1-2H3,(H,19,21). The van der Waals surface area contributed by atoms with E-state index in [9.17, 15) is 9.59 Å². The van der Waals surface area contributed by atoms with Crippen LogP contribution >= 0.6 is 0 Å². The van der Waals surface area contributed by atoms with Gasteiger partial charge in [0.25, 0.3) is 0 Å². The average molecular weight is 303 g/mol. The summed E-state index contributed by atoms with van der Waals surface area (Å²) in [6.07, 6.45) is 3.09. The third kappa shape index (κ3) is 4.84. The van der Waals surface area contributed by atoms with Gasteiger partial charge in [0.2, 0.25) is 11.8 Å². The Morgan fingerprint density at radius 2 is 2.05 bits per heavy atom. The van der Waals surface area contributed by atoms with Crippen molar-refractivity contribution in [3.63, 3.8) is 0 Å². The van der Waals surface area contributed by atoms with Gasteiger partial charge in [-0.1, -0.05) is 30.3 Å². The van der Waals surface area contributed by atoms with E-state index in [4.69, 9.17) is 0 Å². The molecular weight excluding hydrogens is 278 g/mol. The van der Waals surface area contributed by atoms with Crippen LogP contribution in [0.5, 0.6) is 0 Å². The second-order valence-corrected chi connectivity index (χ2v) is 6.04. The highest BCUT2D eigenvalue weighted by atomic mass is 16.2. The van der Waals surface area contributed by atoms with Gasteiger partial charge in [-0.15, -0.1) is 0 Å². The lowest BCUT2D eigenvalue weighted by Gasteiger charge is -2.22. The van der Waals surface area contributed by atoms with Crippen molar-refractivity contribution in [1.29, 1.82) is 0 Å². The SMILES string of the molecule is CN(C)C(=O)C(Cc1ccccc1)NC(=O)CC1CCCN1. The molecule has 2 atom stereocenters. The number of rotatable bonds is 6. The second-order valence-electron chi connectivity index (χ2n) is 6.04. The Balaban J connectivity index is 1.97. The number of amides is 2. The number of likely N-dealkylation sites (N-methyl/N-ethyl adjacent to an activating group) is 1. The van der Waals surface area contributed by atoms with Crippen LogP contribution in [0.3, 0.4) is 0 Å². The first-order chi connectivity index (χ1) is 10.6. The summed E-state index contributed by atoms with van der Waals surface area (Å²) in [6.45, 7) is 0.974. The molecule has 0 radical (unpaired) electrons. The summed E-state index contributed by atoms with van der Waals surface area (Å²) in [5.41, 5.74) is 1.04. The first kappa shape index (κ1) is 16.5. The number of benzene rings is 1. The lowest BCUT2D eigenvalue weighted by molar-refractivity contribution is -0.134. The number of nitrogens with one attached hydrogen (secondary N) is 2. The van der Waals surface area contributed by atoms with Crippen LogP contribution in [0.4, 0.5) is 0 Å². The van der Waals surface area contributed by atoms with Crippen LogP contribution < -0.4 is 10.6 Å². The van der Waals surface area contributed by atoms with Gasteiger partial charge in [-0.3, -0.25) is 9.59 Å². The maximum absolute atomic E-state index is 12.3. The van der Waals surface area contributed by atoms with Gasteiger partial charge < -0.3 is 15.5 Å². The minimum atomic E-state index is -0.508. The zero-order valence-electron chi connectivity index (χ0n) is 13.3. The van der Waals surface area contributed by atoms with E-state index in [-0.39, 0.29) is 17.9 Å². The third-order valence-corrected chi connectivity index (χ3v) is 3.95. The summed E-state index contributed by atoms with van der Waals surface area (Å²) >= 11 is 0. The molecule has 0 aromatic heterocycles. The highest BCUT2D eigenvalue weighted by Gasteiger charge is 2.25. The van der Waals surface area contributed by atoms with Gasteiger partial charge in [-0.25, -0.2) is 0 Å². The maximum atomic E-state index is 12.3. The van der Waals surface area contributed by atoms with Crippen molar-refractivity contribution in [2.24, 2.45) is 0 Å². The van der Waals surface area contributed by atoms with Crippen molar-refractivity contribution in [2.45, 2.75) is 37.8 Å². The number of hydrogen-bond donors (Lipinski definition) is 2. The van der Waals surface area contributed by atoms with Crippen molar-refractivity contribution < 1.29 is 9.59 Å². The van der Waals surface area contributed by atoms with E-state index in [2.05, 4.69) is 10.6 Å². The van der Waals surface area contributed by atoms with Gasteiger partial charge in [-0.2, -0.15) is 0 Å². The number of nitrogens with zero attached hydrogens (tertiary/aromatic N) is 1. The van der Waals surface area contributed by atoms with E-state index >= 15 is 0 Å². The Morgan fingerprint density at radius 3 is 2.64 bits per heavy atom. The highest BCUT2D eigenvalue weighted by Crippen LogP contribution is 2.10. The van der Waals surface area contributed by atoms with Crippen molar-refractivity contribution in [2.75, 3.05) is 20.6 Å². The molecule has 1 fully saturated rings. The molecule has 1 aromatic rings. The molecule has 1 saturated heterocycles. The van der Waals surface area contributed by atoms with Gasteiger partial charge in [0.15, 0.2) is 0 Å². The van der Waals surface area contributed by atoms with Gasteiger partial charge in [0, 0.05) is 33.0 Å². The van der Waals surface area contributed by atoms with E-state index in [1.807, 2.05) is 30.3 Å². The van der Waals surface area contributed by atoms with Gasteiger partial charge in [-0.05, 0) is 24.9 Å². The Hall–Kier alpha value is -1.88. The minimum Gasteiger partial charge on any atom is -0.347 e. The molecule has 1 aromatic carbocycles. The maximum Gasteiger partial charge on any atom is 0.244 e. The molecule has 5 heteroatoms. The predicted molar refractivity (Wildman–Crippen MR) is 86.4 cm³/mol. The van der Waals surface area contributed by atoms with Crippen LogP contribution in [0.1, 0.15) is 24.8 Å². The number of hydrogen-bond acceptors (Lipinski definition) is 3. The second kappa shape index (κ2) is 7.94. The van der Waals surface area contributed by atoms with Gasteiger partial charge in [0.1, 0.15) is 6.04 Å². The lowest BCUT2D eigenvalue weighted by Crippen LogP contribution is -2.48. The Morgan fingerprint density at radius 1 is 1.32 bits per heavy atom. The molecule has 0 spiro atoms. The first-order valence-electron chi connectivity index (χ1n) is 7.84. The summed E-state index contributed by atoms with van der Waals surface area (Å²) in [5, 5.41) is 6.21. The summed E-state index contributed by atoms with van der Waals surface area (Å²) in [4.78, 5) is 26.0. The van der Waals surface area contributed by atoms with Crippen LogP contribution in [0, 0.1) is 0 Å². The summed E-state index contributed by atoms with van der Waals surface area (Å²) in [7, 11) is 3.43. The lowest BCUT2D eigenvalue weighted by atomic mass is 10.0. The average Bonchev–Trinajstić information content (AvgIpc) is 2.99. The van der Waals surface area contributed by atoms with E-state index in [1.54, 1.807) is 14.1 Å². The van der Waals surface area contributed by atoms with Crippen LogP contribution in [0.15, 0.2) is 30.3 Å². The molecule has 5 nitrogen and oxygen atoms in total. The number of carbonyl (C=O) groups excluding carboxylic acids is 2. The minimum absolute atomic E-state index is 0.0597. The molecule has 2 rings (SSSR count). The monoisotopic (exact) mass is 303 g/mol. The predicted octanol–water partition coefficient (Wildman–Crippen LogP) is 0.944. The fraction of sp³-hybridized carbons (Fsp3) is 0.529. The quantitative estimate of drug-likeness (QED) is 0.822. The molecule has 22 heavy (non-hydrogen) atoms. The summed E-state index contributed by atoms with van der Waals surface area (Å²) < 4.78 is 0. The fourth-order valence-electron chi connectivity index (χ4n) is 2.77. The zero-order chi connectivity index (χ0) is 15.9. The molecule has 1 heterocycles. The van der Waals surface area contributed by atoms with Crippen molar-refractivity contribution in [3.8, 4) is 0 Å². The van der Waals surface area contributed by atoms with E-state index < -0.39 is 6.04 Å². The smallest absolute Gasteiger partial charge is 0.244 e. The molecular formula is C17H25N3O2. The van der Waals surface area contributed by atoms with Gasteiger partial charge >= 0.3 is 0 Å². The van der Waals surface area contributed by atoms with Crippen molar-refractivity contribution in [1.82, 2.24) is 15.5 Å². The van der Waals surface area contributed by atoms with Crippen molar-refractivity contribution in [3.05, 3.63) is 35.9 Å². The van der Waals surface area contributed by atoms with Crippen molar-refractivity contribution >= 4 is 11.8 Å². The molecule has 0 bridgehead atoms. The fourth-order valence-corrected chi connectivity index (χ4v) is 2.77. The van der Waals surface area contributed by atoms with E-state index in [1.165, 1.54) is 4.90 Å². The summed E-state index contributed by atoms with van der Waals surface area (Å²) in [5.74, 6) is -0.132. The molecule has 0 saturated carbocycles. The topological polar surface area (TPSA) is 61.4 Å². The van der Waals surface area contributed by atoms with E-state index in [0.29, 0.717) is 12.8 Å². The molecule has 1 aliphatic heterocycles. The molecule has 0 aliphatic carbocycles. The molecule has 2 unspecified atom stereocenters. The molecule has 120 valence electrons. The zero-order valence-corrected chi connectivity index (χ0v) is 13.3. The first-order valence-corrected chi connectivity index (χ1v) is 7.84. The third-order valence-electron chi connectivity index (χ3n) is 3.95. The van der Waals surface area contributed by atoms with Crippen LogP contribution in [-0.4, -0.2) is 49.4 Å². The molecule has 1 aliphatic rings. The van der Waals surface area contributed by atoms with Crippen LogP contribution in [0.2, 0.25) is 0 Å². The number of carbonyl (C=O) groups is 2. The largest absolute Gasteiger partial charge is 0.347 e. The van der Waals surface area contributed by atoms with Gasteiger partial charge in [0.05, 0.1) is 0 Å². The highest BCUT2D eigenvalue weighted by molar-refractivity contribution is 5.87. The van der Waals surface area contributed by atoms with Crippen LogP contribution in [0.25, 0.3) is 0 Å². The Bertz CT molecular complexity index is 496. The normalized spacial score (nSPS) is 18.7. The molecule has 2 N–H and O–H groups in total.